The van der Waals surface area contributed by atoms with Crippen LogP contribution in [0.4, 0.5) is 13.2 Å². The molecule has 0 bridgehead atoms. The molecular formula is C12H14F3NO2. The Morgan fingerprint density at radius 2 is 2.17 bits per heavy atom. The molecule has 1 fully saturated rings. The minimum Gasteiger partial charge on any atom is -0.406 e. The van der Waals surface area contributed by atoms with Crippen LogP contribution >= 0.6 is 0 Å². The van der Waals surface area contributed by atoms with E-state index >= 15 is 0 Å². The number of hydrogen-bond donors (Lipinski definition) is 2. The van der Waals surface area contributed by atoms with Crippen molar-refractivity contribution in [2.24, 2.45) is 11.1 Å². The summed E-state index contributed by atoms with van der Waals surface area (Å²) in [7, 11) is 0. The molecule has 1 aliphatic carbocycles. The van der Waals surface area contributed by atoms with E-state index in [1.54, 1.807) is 6.07 Å². The topological polar surface area (TPSA) is 55.5 Å². The number of rotatable bonds is 4. The van der Waals surface area contributed by atoms with Crippen LogP contribution in [0.3, 0.4) is 0 Å². The number of nitrogens with two attached hydrogens (primary N) is 1. The van der Waals surface area contributed by atoms with Crippen LogP contribution in [0.1, 0.15) is 17.9 Å². The molecule has 6 heteroatoms. The normalized spacial score (nSPS) is 27.1. The van der Waals surface area contributed by atoms with Crippen LogP contribution in [-0.2, 0) is 0 Å². The number of benzene rings is 1. The Kier molecular flexibility index (Phi) is 3.25. The maximum absolute atomic E-state index is 12.1. The average Bonchev–Trinajstić information content (AvgIpc) is 3.02. The van der Waals surface area contributed by atoms with E-state index in [4.69, 9.17) is 5.73 Å². The molecule has 0 spiro atoms. The molecule has 2 rings (SSSR count). The van der Waals surface area contributed by atoms with Gasteiger partial charge in [-0.3, -0.25) is 0 Å². The molecule has 2 unspecified atom stereocenters. The van der Waals surface area contributed by atoms with Gasteiger partial charge in [0.25, 0.3) is 0 Å². The lowest BCUT2D eigenvalue weighted by atomic mass is 10.00. The van der Waals surface area contributed by atoms with Gasteiger partial charge in [0.05, 0.1) is 6.61 Å². The molecule has 1 aromatic rings. The Hall–Kier alpha value is -1.27. The molecular weight excluding hydrogens is 247 g/mol. The lowest BCUT2D eigenvalue weighted by Crippen LogP contribution is -2.21. The third-order valence-electron chi connectivity index (χ3n) is 3.41. The average molecular weight is 261 g/mol. The summed E-state index contributed by atoms with van der Waals surface area (Å²) < 4.78 is 40.1. The van der Waals surface area contributed by atoms with Gasteiger partial charge in [-0.1, -0.05) is 12.1 Å². The monoisotopic (exact) mass is 261 g/mol. The predicted octanol–water partition coefficient (Wildman–Crippen LogP) is 2.01. The first-order chi connectivity index (χ1) is 8.40. The minimum atomic E-state index is -4.69. The van der Waals surface area contributed by atoms with E-state index in [0.29, 0.717) is 13.0 Å². The highest BCUT2D eigenvalue weighted by Gasteiger charge is 2.53. The molecule has 0 aromatic heterocycles. The van der Waals surface area contributed by atoms with Gasteiger partial charge in [-0.05, 0) is 30.0 Å². The van der Waals surface area contributed by atoms with Crippen molar-refractivity contribution in [3.63, 3.8) is 0 Å². The van der Waals surface area contributed by atoms with Crippen LogP contribution in [0, 0.1) is 5.41 Å². The third-order valence-corrected chi connectivity index (χ3v) is 3.41. The molecule has 0 heterocycles. The van der Waals surface area contributed by atoms with Crippen LogP contribution < -0.4 is 10.5 Å². The zero-order valence-corrected chi connectivity index (χ0v) is 9.57. The fourth-order valence-electron chi connectivity index (χ4n) is 2.21. The highest BCUT2D eigenvalue weighted by atomic mass is 19.4. The van der Waals surface area contributed by atoms with E-state index in [-0.39, 0.29) is 23.7 Å². The van der Waals surface area contributed by atoms with Crippen molar-refractivity contribution in [2.45, 2.75) is 18.7 Å². The highest BCUT2D eigenvalue weighted by Crippen LogP contribution is 2.58. The van der Waals surface area contributed by atoms with Gasteiger partial charge in [0, 0.05) is 12.0 Å². The van der Waals surface area contributed by atoms with Gasteiger partial charge in [0.1, 0.15) is 5.75 Å². The highest BCUT2D eigenvalue weighted by molar-refractivity contribution is 5.36. The fraction of sp³-hybridized carbons (Fsp3) is 0.500. The van der Waals surface area contributed by atoms with E-state index in [1.807, 2.05) is 0 Å². The second-order valence-corrected chi connectivity index (χ2v) is 4.60. The molecule has 0 saturated heterocycles. The first kappa shape index (κ1) is 13.2. The smallest absolute Gasteiger partial charge is 0.406 e. The van der Waals surface area contributed by atoms with E-state index in [1.165, 1.54) is 18.2 Å². The molecule has 3 N–H and O–H groups in total. The summed E-state index contributed by atoms with van der Waals surface area (Å²) in [5.41, 5.74) is 5.92. The first-order valence-electron chi connectivity index (χ1n) is 5.57. The summed E-state index contributed by atoms with van der Waals surface area (Å²) in [6.45, 7) is 0.261. The number of aliphatic hydroxyl groups is 1. The molecule has 2 atom stereocenters. The largest absolute Gasteiger partial charge is 0.573 e. The van der Waals surface area contributed by atoms with Gasteiger partial charge in [-0.2, -0.15) is 0 Å². The number of alkyl halides is 3. The van der Waals surface area contributed by atoms with Crippen LogP contribution in [0.2, 0.25) is 0 Å². The molecule has 0 radical (unpaired) electrons. The van der Waals surface area contributed by atoms with Gasteiger partial charge in [0.15, 0.2) is 0 Å². The summed E-state index contributed by atoms with van der Waals surface area (Å²) >= 11 is 0. The van der Waals surface area contributed by atoms with E-state index < -0.39 is 6.36 Å². The van der Waals surface area contributed by atoms with Gasteiger partial charge < -0.3 is 15.6 Å². The second-order valence-electron chi connectivity index (χ2n) is 4.60. The molecule has 1 aromatic carbocycles. The maximum atomic E-state index is 12.1. The van der Waals surface area contributed by atoms with E-state index in [9.17, 15) is 18.3 Å². The van der Waals surface area contributed by atoms with Gasteiger partial charge in [-0.25, -0.2) is 0 Å². The lowest BCUT2D eigenvalue weighted by Gasteiger charge is -2.13. The zero-order valence-electron chi connectivity index (χ0n) is 9.57. The van der Waals surface area contributed by atoms with Crippen molar-refractivity contribution in [3.8, 4) is 5.75 Å². The molecule has 3 nitrogen and oxygen atoms in total. The van der Waals surface area contributed by atoms with Crippen LogP contribution in [-0.4, -0.2) is 24.6 Å². The number of hydrogen-bond acceptors (Lipinski definition) is 3. The molecule has 18 heavy (non-hydrogen) atoms. The Bertz CT molecular complexity index is 430. The number of aliphatic hydroxyl groups excluding tert-OH is 1. The zero-order chi connectivity index (χ0) is 13.4. The summed E-state index contributed by atoms with van der Waals surface area (Å²) in [5.74, 6) is -0.236. The maximum Gasteiger partial charge on any atom is 0.573 e. The number of ether oxygens (including phenoxy) is 1. The van der Waals surface area contributed by atoms with E-state index in [2.05, 4.69) is 4.74 Å². The Labute approximate surface area is 102 Å². The summed E-state index contributed by atoms with van der Waals surface area (Å²) in [6, 6.07) is 5.84. The van der Waals surface area contributed by atoms with Gasteiger partial charge in [-0.15, -0.1) is 13.2 Å². The molecule has 0 amide bonds. The standard InChI is InChI=1S/C12H14F3NO2/c13-12(14,15)18-9-3-1-2-8(4-9)10-5-11(10,6-16)7-17/h1-4,10,17H,5-7,16H2. The summed E-state index contributed by atoms with van der Waals surface area (Å²) in [6.07, 6.45) is -4.00. The van der Waals surface area contributed by atoms with Gasteiger partial charge >= 0.3 is 6.36 Å². The lowest BCUT2D eigenvalue weighted by molar-refractivity contribution is -0.274. The van der Waals surface area contributed by atoms with E-state index in [0.717, 1.165) is 5.56 Å². The fourth-order valence-corrected chi connectivity index (χ4v) is 2.21. The van der Waals surface area contributed by atoms with Crippen molar-refractivity contribution in [2.75, 3.05) is 13.2 Å². The van der Waals surface area contributed by atoms with Crippen LogP contribution in [0.5, 0.6) is 5.75 Å². The Balaban J connectivity index is 2.15. The molecule has 1 aliphatic rings. The quantitative estimate of drug-likeness (QED) is 0.871. The Morgan fingerprint density at radius 3 is 2.67 bits per heavy atom. The predicted molar refractivity (Wildman–Crippen MR) is 59.1 cm³/mol. The third kappa shape index (κ3) is 2.59. The van der Waals surface area contributed by atoms with Gasteiger partial charge in [0.2, 0.25) is 0 Å². The van der Waals surface area contributed by atoms with Crippen molar-refractivity contribution in [1.82, 2.24) is 0 Å². The number of halogens is 3. The first-order valence-corrected chi connectivity index (χ1v) is 5.57. The molecule has 1 saturated carbocycles. The molecule has 0 aliphatic heterocycles. The van der Waals surface area contributed by atoms with Crippen molar-refractivity contribution >= 4 is 0 Å². The summed E-state index contributed by atoms with van der Waals surface area (Å²) in [4.78, 5) is 0. The molecule has 100 valence electrons. The minimum absolute atomic E-state index is 0.00397. The Morgan fingerprint density at radius 1 is 1.44 bits per heavy atom. The second kappa shape index (κ2) is 4.44. The van der Waals surface area contributed by atoms with Crippen molar-refractivity contribution < 1.29 is 23.0 Å². The van der Waals surface area contributed by atoms with Crippen LogP contribution in [0.15, 0.2) is 24.3 Å². The van der Waals surface area contributed by atoms with Crippen LogP contribution in [0.25, 0.3) is 0 Å². The van der Waals surface area contributed by atoms with Crippen molar-refractivity contribution in [3.05, 3.63) is 29.8 Å². The summed E-state index contributed by atoms with van der Waals surface area (Å²) in [5, 5.41) is 9.25. The van der Waals surface area contributed by atoms with Crippen molar-refractivity contribution in [1.29, 1.82) is 0 Å². The SMILES string of the molecule is NCC1(CO)CC1c1cccc(OC(F)(F)F)c1.